The fraction of sp³-hybridized carbons (Fsp3) is 0.250. The number of hydrogen-bond acceptors (Lipinski definition) is 6. The van der Waals surface area contributed by atoms with Gasteiger partial charge in [0.2, 0.25) is 5.95 Å². The molecule has 4 N–H and O–H groups in total. The number of anilines is 3. The molecule has 0 amide bonds. The van der Waals surface area contributed by atoms with Crippen molar-refractivity contribution in [3.8, 4) is 5.75 Å². The van der Waals surface area contributed by atoms with Gasteiger partial charge in [-0.15, -0.1) is 5.10 Å². The first-order valence-electron chi connectivity index (χ1n) is 5.85. The van der Waals surface area contributed by atoms with E-state index in [0.717, 1.165) is 11.4 Å². The maximum absolute atomic E-state index is 7.56. The minimum Gasteiger partial charge on any atom is -0.494 e. The Morgan fingerprint density at radius 1 is 1.37 bits per heavy atom. The Morgan fingerprint density at radius 2 is 2.05 bits per heavy atom. The lowest BCUT2D eigenvalue weighted by molar-refractivity contribution is 0.340. The van der Waals surface area contributed by atoms with Crippen molar-refractivity contribution in [2.75, 3.05) is 17.7 Å². The van der Waals surface area contributed by atoms with Gasteiger partial charge in [-0.1, -0.05) is 0 Å². The van der Waals surface area contributed by atoms with Crippen LogP contribution < -0.4 is 21.3 Å². The molecule has 0 saturated heterocycles. The highest BCUT2D eigenvalue weighted by Crippen LogP contribution is 2.17. The molecule has 0 saturated carbocycles. The van der Waals surface area contributed by atoms with E-state index in [1.165, 1.54) is 4.68 Å². The van der Waals surface area contributed by atoms with Crippen LogP contribution in [0.4, 0.5) is 17.5 Å². The average Bonchev–Trinajstić information content (AvgIpc) is 2.38. The molecule has 0 radical (unpaired) electrons. The number of nitrogens with one attached hydrogen (secondary N) is 2. The molecule has 0 aliphatic heterocycles. The highest BCUT2D eigenvalue weighted by Gasteiger charge is 2.03. The predicted molar refractivity (Wildman–Crippen MR) is 72.2 cm³/mol. The Bertz CT molecular complexity index is 593. The molecule has 2 aromatic rings. The maximum atomic E-state index is 7.56. The van der Waals surface area contributed by atoms with Crippen LogP contribution in [0.15, 0.2) is 24.3 Å². The van der Waals surface area contributed by atoms with Gasteiger partial charge in [0, 0.05) is 12.7 Å². The molecule has 7 heteroatoms. The summed E-state index contributed by atoms with van der Waals surface area (Å²) in [6.07, 6.45) is 0. The zero-order valence-corrected chi connectivity index (χ0v) is 10.8. The summed E-state index contributed by atoms with van der Waals surface area (Å²) in [4.78, 5) is 4.00. The van der Waals surface area contributed by atoms with E-state index in [9.17, 15) is 0 Å². The molecule has 0 fully saturated rings. The Morgan fingerprint density at radius 3 is 2.63 bits per heavy atom. The van der Waals surface area contributed by atoms with Gasteiger partial charge in [0.15, 0.2) is 11.3 Å². The normalized spacial score (nSPS) is 10.2. The topological polar surface area (TPSA) is 102 Å². The van der Waals surface area contributed by atoms with Gasteiger partial charge in [-0.25, -0.2) is 4.68 Å². The summed E-state index contributed by atoms with van der Waals surface area (Å²) in [5.74, 6) is 1.28. The summed E-state index contributed by atoms with van der Waals surface area (Å²) in [5.41, 5.74) is 6.52. The molecule has 2 rings (SSSR count). The Hall–Kier alpha value is -2.57. The molecule has 19 heavy (non-hydrogen) atoms. The second-order valence-electron chi connectivity index (χ2n) is 3.88. The van der Waals surface area contributed by atoms with Gasteiger partial charge in [0.1, 0.15) is 5.75 Å². The summed E-state index contributed by atoms with van der Waals surface area (Å²) in [6, 6.07) is 7.43. The van der Waals surface area contributed by atoms with E-state index in [0.29, 0.717) is 12.6 Å². The Balaban J connectivity index is 2.19. The number of ether oxygens (including phenoxy) is 1. The van der Waals surface area contributed by atoms with Crippen molar-refractivity contribution in [1.82, 2.24) is 14.8 Å². The molecule has 0 unspecified atom stereocenters. The van der Waals surface area contributed by atoms with E-state index < -0.39 is 0 Å². The molecular formula is C12H16N6O. The first kappa shape index (κ1) is 12.9. The Kier molecular flexibility index (Phi) is 3.65. The molecule has 100 valence electrons. The second kappa shape index (κ2) is 5.38. The van der Waals surface area contributed by atoms with Crippen LogP contribution in [-0.2, 0) is 7.05 Å². The van der Waals surface area contributed by atoms with Crippen LogP contribution in [0.3, 0.4) is 0 Å². The van der Waals surface area contributed by atoms with Crippen molar-refractivity contribution < 1.29 is 4.74 Å². The predicted octanol–water partition coefficient (Wildman–Crippen LogP) is 1.02. The van der Waals surface area contributed by atoms with E-state index in [-0.39, 0.29) is 11.3 Å². The van der Waals surface area contributed by atoms with Gasteiger partial charge >= 0.3 is 0 Å². The number of rotatable bonds is 4. The van der Waals surface area contributed by atoms with E-state index in [2.05, 4.69) is 15.4 Å². The first-order valence-corrected chi connectivity index (χ1v) is 5.85. The quantitative estimate of drug-likeness (QED) is 0.761. The van der Waals surface area contributed by atoms with E-state index in [4.69, 9.17) is 15.9 Å². The summed E-state index contributed by atoms with van der Waals surface area (Å²) in [6.45, 7) is 2.57. The van der Waals surface area contributed by atoms with E-state index in [1.54, 1.807) is 7.05 Å². The van der Waals surface area contributed by atoms with Crippen molar-refractivity contribution in [1.29, 1.82) is 5.41 Å². The van der Waals surface area contributed by atoms with Gasteiger partial charge in [0.25, 0.3) is 0 Å². The number of benzene rings is 1. The van der Waals surface area contributed by atoms with Crippen LogP contribution in [0.25, 0.3) is 0 Å². The van der Waals surface area contributed by atoms with E-state index >= 15 is 0 Å². The molecule has 1 heterocycles. The lowest BCUT2D eigenvalue weighted by atomic mass is 10.3. The number of nitrogens with two attached hydrogens (primary N) is 1. The van der Waals surface area contributed by atoms with Crippen LogP contribution in [0.5, 0.6) is 5.75 Å². The monoisotopic (exact) mass is 260 g/mol. The average molecular weight is 260 g/mol. The smallest absolute Gasteiger partial charge is 0.247 e. The third kappa shape index (κ3) is 3.01. The van der Waals surface area contributed by atoms with Gasteiger partial charge in [-0.2, -0.15) is 4.98 Å². The highest BCUT2D eigenvalue weighted by molar-refractivity contribution is 5.54. The SMILES string of the molecule is CCOc1ccc(Nc2nc(N)c(=N)n(C)n2)cc1. The number of nitrogens with zero attached hydrogens (tertiary/aromatic N) is 3. The largest absolute Gasteiger partial charge is 0.494 e. The molecule has 1 aromatic heterocycles. The van der Waals surface area contributed by atoms with Crippen molar-refractivity contribution in [3.05, 3.63) is 29.8 Å². The minimum atomic E-state index is 0.0808. The highest BCUT2D eigenvalue weighted by atomic mass is 16.5. The number of nitrogen functional groups attached to an aromatic ring is 1. The minimum absolute atomic E-state index is 0.0808. The molecule has 0 aliphatic rings. The Labute approximate surface area is 110 Å². The summed E-state index contributed by atoms with van der Waals surface area (Å²) < 4.78 is 6.72. The van der Waals surface area contributed by atoms with Crippen LogP contribution in [-0.4, -0.2) is 21.4 Å². The number of hydrogen-bond donors (Lipinski definition) is 3. The number of aryl methyl sites for hydroxylation is 1. The molecule has 0 spiro atoms. The van der Waals surface area contributed by atoms with Crippen LogP contribution >= 0.6 is 0 Å². The zero-order valence-electron chi connectivity index (χ0n) is 10.8. The standard InChI is InChI=1S/C12H16N6O/c1-3-19-9-6-4-8(5-7-9)15-12-16-10(13)11(14)18(2)17-12/h4-7,14H,3H2,1-2H3,(H3,13,15,16,17). The first-order chi connectivity index (χ1) is 9.10. The molecule has 1 aromatic carbocycles. The molecule has 0 aliphatic carbocycles. The van der Waals surface area contributed by atoms with Gasteiger partial charge < -0.3 is 15.8 Å². The van der Waals surface area contributed by atoms with Gasteiger partial charge in [-0.3, -0.25) is 5.41 Å². The van der Waals surface area contributed by atoms with E-state index in [1.807, 2.05) is 31.2 Å². The second-order valence-corrected chi connectivity index (χ2v) is 3.88. The van der Waals surface area contributed by atoms with Crippen molar-refractivity contribution in [3.63, 3.8) is 0 Å². The maximum Gasteiger partial charge on any atom is 0.247 e. The zero-order chi connectivity index (χ0) is 13.8. The van der Waals surface area contributed by atoms with Crippen molar-refractivity contribution in [2.45, 2.75) is 6.92 Å². The lowest BCUT2D eigenvalue weighted by Gasteiger charge is -2.08. The van der Waals surface area contributed by atoms with Crippen molar-refractivity contribution >= 4 is 17.5 Å². The summed E-state index contributed by atoms with van der Waals surface area (Å²) in [7, 11) is 1.64. The number of aromatic nitrogens is 3. The van der Waals surface area contributed by atoms with Crippen molar-refractivity contribution in [2.24, 2.45) is 7.05 Å². The lowest BCUT2D eigenvalue weighted by Crippen LogP contribution is -2.25. The van der Waals surface area contributed by atoms with Gasteiger partial charge in [0.05, 0.1) is 6.61 Å². The summed E-state index contributed by atoms with van der Waals surface area (Å²) in [5, 5.41) is 14.7. The third-order valence-corrected chi connectivity index (χ3v) is 2.46. The third-order valence-electron chi connectivity index (χ3n) is 2.46. The fourth-order valence-corrected chi connectivity index (χ4v) is 1.53. The molecule has 0 bridgehead atoms. The van der Waals surface area contributed by atoms with Crippen LogP contribution in [0.1, 0.15) is 6.92 Å². The summed E-state index contributed by atoms with van der Waals surface area (Å²) >= 11 is 0. The fourth-order valence-electron chi connectivity index (χ4n) is 1.53. The van der Waals surface area contributed by atoms with Gasteiger partial charge in [-0.05, 0) is 31.2 Å². The molecular weight excluding hydrogens is 244 g/mol. The van der Waals surface area contributed by atoms with Crippen LogP contribution in [0.2, 0.25) is 0 Å². The molecule has 7 nitrogen and oxygen atoms in total. The van der Waals surface area contributed by atoms with Crippen LogP contribution in [0, 0.1) is 5.41 Å². The molecule has 0 atom stereocenters.